The third-order valence-electron chi connectivity index (χ3n) is 1.88. The molecule has 7 heteroatoms. The molecule has 15 heavy (non-hydrogen) atoms. The third-order valence-corrected chi connectivity index (χ3v) is 4.71. The SMILES string of the molecule is CO[Si](CCCONC(C)=O)(OC)OC. The quantitative estimate of drug-likeness (QED) is 0.374. The summed E-state index contributed by atoms with van der Waals surface area (Å²) in [6, 6.07) is 0.649. The predicted molar refractivity (Wildman–Crippen MR) is 56.0 cm³/mol. The van der Waals surface area contributed by atoms with Crippen LogP contribution in [0.4, 0.5) is 0 Å². The normalized spacial score (nSPS) is 11.5. The van der Waals surface area contributed by atoms with Crippen molar-refractivity contribution >= 4 is 14.7 Å². The van der Waals surface area contributed by atoms with E-state index < -0.39 is 8.80 Å². The van der Waals surface area contributed by atoms with E-state index in [2.05, 4.69) is 5.48 Å². The van der Waals surface area contributed by atoms with Gasteiger partial charge in [-0.15, -0.1) is 0 Å². The van der Waals surface area contributed by atoms with Crippen LogP contribution in [-0.4, -0.2) is 42.6 Å². The first kappa shape index (κ1) is 14.5. The molecule has 0 heterocycles. The third kappa shape index (κ3) is 5.85. The Kier molecular flexibility index (Phi) is 7.53. The first-order chi connectivity index (χ1) is 7.10. The fourth-order valence-corrected chi connectivity index (χ4v) is 2.76. The lowest BCUT2D eigenvalue weighted by molar-refractivity contribution is -0.131. The molecule has 0 spiro atoms. The summed E-state index contributed by atoms with van der Waals surface area (Å²) in [6.45, 7) is 1.79. The van der Waals surface area contributed by atoms with Gasteiger partial charge in [0.15, 0.2) is 0 Å². The lowest BCUT2D eigenvalue weighted by Crippen LogP contribution is -2.42. The van der Waals surface area contributed by atoms with Crippen LogP contribution in [0.1, 0.15) is 13.3 Å². The van der Waals surface area contributed by atoms with Crippen LogP contribution in [0.2, 0.25) is 6.04 Å². The van der Waals surface area contributed by atoms with Crippen molar-refractivity contribution < 1.29 is 22.9 Å². The van der Waals surface area contributed by atoms with Gasteiger partial charge in [-0.1, -0.05) is 0 Å². The van der Waals surface area contributed by atoms with Gasteiger partial charge >= 0.3 is 8.80 Å². The average Bonchev–Trinajstić information content (AvgIpc) is 2.24. The molecule has 0 aliphatic heterocycles. The second-order valence-corrected chi connectivity index (χ2v) is 6.00. The first-order valence-corrected chi connectivity index (χ1v) is 6.57. The Labute approximate surface area is 91.2 Å². The summed E-state index contributed by atoms with van der Waals surface area (Å²) in [5.74, 6) is -0.219. The topological polar surface area (TPSA) is 66.0 Å². The minimum absolute atomic E-state index is 0.219. The molecule has 0 aliphatic rings. The van der Waals surface area contributed by atoms with E-state index in [1.165, 1.54) is 6.92 Å². The Morgan fingerprint density at radius 1 is 1.20 bits per heavy atom. The van der Waals surface area contributed by atoms with Crippen LogP contribution in [0.15, 0.2) is 0 Å². The molecule has 0 aromatic carbocycles. The molecule has 0 aliphatic carbocycles. The van der Waals surface area contributed by atoms with Crippen LogP contribution >= 0.6 is 0 Å². The van der Waals surface area contributed by atoms with Crippen molar-refractivity contribution in [2.24, 2.45) is 0 Å². The number of hydrogen-bond acceptors (Lipinski definition) is 5. The molecule has 0 radical (unpaired) electrons. The maximum Gasteiger partial charge on any atom is 0.500 e. The molecule has 0 fully saturated rings. The zero-order valence-corrected chi connectivity index (χ0v) is 10.7. The van der Waals surface area contributed by atoms with Gasteiger partial charge in [-0.2, -0.15) is 0 Å². The van der Waals surface area contributed by atoms with Crippen molar-refractivity contribution in [1.29, 1.82) is 0 Å². The molecule has 0 saturated heterocycles. The smallest absolute Gasteiger partial charge is 0.377 e. The molecule has 90 valence electrons. The fraction of sp³-hybridized carbons (Fsp3) is 0.875. The maximum atomic E-state index is 10.5. The molecule has 0 bridgehead atoms. The van der Waals surface area contributed by atoms with E-state index in [1.807, 2.05) is 0 Å². The molecule has 1 amide bonds. The number of nitrogens with one attached hydrogen (secondary N) is 1. The van der Waals surface area contributed by atoms with Crippen LogP contribution in [0, 0.1) is 0 Å². The molecule has 0 rings (SSSR count). The highest BCUT2D eigenvalue weighted by Crippen LogP contribution is 2.14. The molecule has 6 nitrogen and oxygen atoms in total. The molecule has 0 aromatic heterocycles. The van der Waals surface area contributed by atoms with Crippen molar-refractivity contribution in [2.75, 3.05) is 27.9 Å². The van der Waals surface area contributed by atoms with Gasteiger partial charge in [0.1, 0.15) is 0 Å². The van der Waals surface area contributed by atoms with Gasteiger partial charge in [-0.05, 0) is 6.42 Å². The number of carbonyl (C=O) groups is 1. The maximum absolute atomic E-state index is 10.5. The highest BCUT2D eigenvalue weighted by atomic mass is 28.4. The van der Waals surface area contributed by atoms with E-state index in [4.69, 9.17) is 18.1 Å². The first-order valence-electron chi connectivity index (χ1n) is 4.64. The highest BCUT2D eigenvalue weighted by molar-refractivity contribution is 6.60. The fourth-order valence-electron chi connectivity index (χ4n) is 1.07. The Morgan fingerprint density at radius 2 is 1.73 bits per heavy atom. The second-order valence-electron chi connectivity index (χ2n) is 2.91. The van der Waals surface area contributed by atoms with Crippen LogP contribution in [0.3, 0.4) is 0 Å². The van der Waals surface area contributed by atoms with E-state index in [-0.39, 0.29) is 5.91 Å². The number of hydroxylamine groups is 1. The van der Waals surface area contributed by atoms with Crippen LogP contribution in [-0.2, 0) is 22.9 Å². The van der Waals surface area contributed by atoms with Crippen molar-refractivity contribution in [3.63, 3.8) is 0 Å². The molecule has 0 saturated carbocycles. The van der Waals surface area contributed by atoms with Gasteiger partial charge in [0.25, 0.3) is 0 Å². The lowest BCUT2D eigenvalue weighted by atomic mass is 10.5. The number of rotatable bonds is 8. The zero-order valence-electron chi connectivity index (χ0n) is 9.66. The lowest BCUT2D eigenvalue weighted by Gasteiger charge is -2.23. The molecule has 0 unspecified atom stereocenters. The molecular weight excluding hydrogens is 218 g/mol. The van der Waals surface area contributed by atoms with Crippen molar-refractivity contribution in [1.82, 2.24) is 5.48 Å². The summed E-state index contributed by atoms with van der Waals surface area (Å²) in [7, 11) is 2.20. The van der Waals surface area contributed by atoms with E-state index in [0.717, 1.165) is 0 Å². The van der Waals surface area contributed by atoms with E-state index in [0.29, 0.717) is 19.1 Å². The van der Waals surface area contributed by atoms with E-state index in [9.17, 15) is 4.79 Å². The van der Waals surface area contributed by atoms with Crippen LogP contribution < -0.4 is 5.48 Å². The Morgan fingerprint density at radius 3 is 2.13 bits per heavy atom. The summed E-state index contributed by atoms with van der Waals surface area (Å²) in [4.78, 5) is 15.4. The van der Waals surface area contributed by atoms with Crippen LogP contribution in [0.5, 0.6) is 0 Å². The summed E-state index contributed by atoms with van der Waals surface area (Å²) in [5, 5.41) is 0. The zero-order chi connectivity index (χ0) is 11.7. The molecule has 1 N–H and O–H groups in total. The Balaban J connectivity index is 3.67. The van der Waals surface area contributed by atoms with E-state index in [1.54, 1.807) is 21.3 Å². The number of amides is 1. The van der Waals surface area contributed by atoms with Crippen molar-refractivity contribution in [3.05, 3.63) is 0 Å². The minimum Gasteiger partial charge on any atom is -0.377 e. The number of hydrogen-bond donors (Lipinski definition) is 1. The van der Waals surface area contributed by atoms with Gasteiger partial charge in [-0.25, -0.2) is 5.48 Å². The van der Waals surface area contributed by atoms with Crippen molar-refractivity contribution in [2.45, 2.75) is 19.4 Å². The summed E-state index contributed by atoms with van der Waals surface area (Å²) in [5.41, 5.74) is 2.24. The average molecular weight is 237 g/mol. The summed E-state index contributed by atoms with van der Waals surface area (Å²) in [6.07, 6.45) is 0.696. The highest BCUT2D eigenvalue weighted by Gasteiger charge is 2.36. The predicted octanol–water partition coefficient (Wildman–Crippen LogP) is 0.322. The monoisotopic (exact) mass is 237 g/mol. The molecule has 0 aromatic rings. The van der Waals surface area contributed by atoms with Crippen molar-refractivity contribution in [3.8, 4) is 0 Å². The van der Waals surface area contributed by atoms with Gasteiger partial charge in [0.05, 0.1) is 6.61 Å². The van der Waals surface area contributed by atoms with Crippen LogP contribution in [0.25, 0.3) is 0 Å². The Bertz CT molecular complexity index is 178. The summed E-state index contributed by atoms with van der Waals surface area (Å²) >= 11 is 0. The van der Waals surface area contributed by atoms with Gasteiger partial charge in [0, 0.05) is 34.3 Å². The van der Waals surface area contributed by atoms with Gasteiger partial charge < -0.3 is 13.3 Å². The standard InChI is InChI=1S/C8H19NO5Si/c1-8(10)9-14-6-5-7-15(11-2,12-3)13-4/h5-7H2,1-4H3,(H,9,10). The van der Waals surface area contributed by atoms with Gasteiger partial charge in [-0.3, -0.25) is 9.63 Å². The molecular formula is C8H19NO5Si. The second kappa shape index (κ2) is 7.77. The number of carbonyl (C=O) groups excluding carboxylic acids is 1. The molecule has 0 atom stereocenters. The summed E-state index contributed by atoms with van der Waals surface area (Å²) < 4.78 is 15.6. The van der Waals surface area contributed by atoms with E-state index >= 15 is 0 Å². The minimum atomic E-state index is -2.49. The largest absolute Gasteiger partial charge is 0.500 e. The Hall–Kier alpha value is -0.473. The van der Waals surface area contributed by atoms with Gasteiger partial charge in [0.2, 0.25) is 5.91 Å².